The van der Waals surface area contributed by atoms with Gasteiger partial charge >= 0.3 is 0 Å². The van der Waals surface area contributed by atoms with Gasteiger partial charge in [0.05, 0.1) is 6.61 Å². The van der Waals surface area contributed by atoms with Crippen LogP contribution in [0, 0.1) is 0 Å². The number of nitrogens with one attached hydrogen (secondary N) is 1. The fraction of sp³-hybridized carbons (Fsp3) is 0.625. The molecule has 1 aliphatic rings. The van der Waals surface area contributed by atoms with Crippen molar-refractivity contribution in [2.75, 3.05) is 33.4 Å². The Kier molecular flexibility index (Phi) is 5.83. The van der Waals surface area contributed by atoms with Crippen LogP contribution in [-0.4, -0.2) is 44.3 Å². The van der Waals surface area contributed by atoms with Crippen molar-refractivity contribution in [2.24, 2.45) is 0 Å². The topological polar surface area (TPSA) is 24.5 Å². The van der Waals surface area contributed by atoms with Crippen molar-refractivity contribution < 1.29 is 4.74 Å². The quantitative estimate of drug-likeness (QED) is 0.764. The molecule has 2 unspecified atom stereocenters. The Morgan fingerprint density at radius 3 is 2.79 bits per heavy atom. The number of benzene rings is 1. The molecule has 0 aliphatic carbocycles. The van der Waals surface area contributed by atoms with Gasteiger partial charge in [-0.05, 0) is 32.0 Å². The van der Waals surface area contributed by atoms with Crippen LogP contribution in [0.3, 0.4) is 0 Å². The Hall–Kier alpha value is -0.900. The van der Waals surface area contributed by atoms with Gasteiger partial charge in [-0.3, -0.25) is 4.90 Å². The van der Waals surface area contributed by atoms with E-state index in [1.54, 1.807) is 0 Å². The van der Waals surface area contributed by atoms with Crippen molar-refractivity contribution in [2.45, 2.75) is 31.8 Å². The average Bonchev–Trinajstić information content (AvgIpc) is 2.98. The van der Waals surface area contributed by atoms with E-state index in [1.165, 1.54) is 12.0 Å². The largest absolute Gasteiger partial charge is 0.380 e. The summed E-state index contributed by atoms with van der Waals surface area (Å²) in [5, 5.41) is 3.56. The summed E-state index contributed by atoms with van der Waals surface area (Å²) in [5.41, 5.74) is 1.39. The highest BCUT2D eigenvalue weighted by molar-refractivity contribution is 5.19. The number of nitrogens with zero attached hydrogens (tertiary/aromatic N) is 1. The first-order chi connectivity index (χ1) is 9.33. The lowest BCUT2D eigenvalue weighted by Crippen LogP contribution is -2.40. The van der Waals surface area contributed by atoms with Crippen LogP contribution in [-0.2, 0) is 4.74 Å². The Labute approximate surface area is 116 Å². The Bertz CT molecular complexity index is 349. The van der Waals surface area contributed by atoms with Crippen LogP contribution in [0.2, 0.25) is 0 Å². The van der Waals surface area contributed by atoms with Gasteiger partial charge in [-0.1, -0.05) is 37.3 Å². The molecule has 1 aliphatic heterocycles. The molecular formula is C16H26N2O. The standard InChI is InChI=1S/C16H26N2O/c1-3-10-17-12-16(14-7-5-4-6-8-14)18(2)15-9-11-19-13-15/h4-8,15-17H,3,9-13H2,1-2H3. The van der Waals surface area contributed by atoms with Gasteiger partial charge in [-0.15, -0.1) is 0 Å². The summed E-state index contributed by atoms with van der Waals surface area (Å²) in [6.07, 6.45) is 2.32. The first-order valence-corrected chi connectivity index (χ1v) is 7.38. The predicted octanol–water partition coefficient (Wildman–Crippen LogP) is 2.45. The molecule has 3 heteroatoms. The van der Waals surface area contributed by atoms with Crippen LogP contribution in [0.4, 0.5) is 0 Å². The van der Waals surface area contributed by atoms with E-state index in [0.29, 0.717) is 12.1 Å². The maximum atomic E-state index is 5.53. The summed E-state index contributed by atoms with van der Waals surface area (Å²) in [4.78, 5) is 2.48. The lowest BCUT2D eigenvalue weighted by Gasteiger charge is -2.33. The van der Waals surface area contributed by atoms with Crippen molar-refractivity contribution >= 4 is 0 Å². The third-order valence-corrected chi connectivity index (χ3v) is 3.92. The van der Waals surface area contributed by atoms with Crippen LogP contribution in [0.25, 0.3) is 0 Å². The summed E-state index contributed by atoms with van der Waals surface area (Å²) >= 11 is 0. The minimum Gasteiger partial charge on any atom is -0.380 e. The van der Waals surface area contributed by atoms with Crippen LogP contribution in [0.15, 0.2) is 30.3 Å². The van der Waals surface area contributed by atoms with Gasteiger partial charge in [0, 0.05) is 25.2 Å². The molecule has 1 aromatic carbocycles. The molecule has 3 nitrogen and oxygen atoms in total. The second kappa shape index (κ2) is 7.63. The molecule has 0 bridgehead atoms. The van der Waals surface area contributed by atoms with E-state index in [2.05, 4.69) is 54.5 Å². The van der Waals surface area contributed by atoms with Gasteiger partial charge in [0.2, 0.25) is 0 Å². The lowest BCUT2D eigenvalue weighted by atomic mass is 10.0. The van der Waals surface area contributed by atoms with Crippen LogP contribution in [0.5, 0.6) is 0 Å². The zero-order chi connectivity index (χ0) is 13.5. The molecule has 0 spiro atoms. The fourth-order valence-corrected chi connectivity index (χ4v) is 2.69. The van der Waals surface area contributed by atoms with Crippen LogP contribution < -0.4 is 5.32 Å². The fourth-order valence-electron chi connectivity index (χ4n) is 2.69. The number of hydrogen-bond acceptors (Lipinski definition) is 3. The van der Waals surface area contributed by atoms with Crippen molar-refractivity contribution in [3.8, 4) is 0 Å². The van der Waals surface area contributed by atoms with Crippen molar-refractivity contribution in [1.82, 2.24) is 10.2 Å². The second-order valence-electron chi connectivity index (χ2n) is 5.31. The van der Waals surface area contributed by atoms with Crippen LogP contribution >= 0.6 is 0 Å². The Morgan fingerprint density at radius 2 is 2.16 bits per heavy atom. The summed E-state index contributed by atoms with van der Waals surface area (Å²) in [6.45, 7) is 6.06. The second-order valence-corrected chi connectivity index (χ2v) is 5.31. The van der Waals surface area contributed by atoms with Gasteiger partial charge in [0.25, 0.3) is 0 Å². The molecule has 1 saturated heterocycles. The number of likely N-dealkylation sites (N-methyl/N-ethyl adjacent to an activating group) is 1. The summed E-state index contributed by atoms with van der Waals surface area (Å²) in [6, 6.07) is 11.8. The smallest absolute Gasteiger partial charge is 0.0622 e. The third kappa shape index (κ3) is 4.03. The monoisotopic (exact) mass is 262 g/mol. The molecule has 0 radical (unpaired) electrons. The van der Waals surface area contributed by atoms with Gasteiger partial charge in [0.1, 0.15) is 0 Å². The third-order valence-electron chi connectivity index (χ3n) is 3.92. The van der Waals surface area contributed by atoms with Gasteiger partial charge in [-0.2, -0.15) is 0 Å². The summed E-state index contributed by atoms with van der Waals surface area (Å²) < 4.78 is 5.53. The molecule has 0 saturated carbocycles. The molecule has 0 aromatic heterocycles. The van der Waals surface area contributed by atoms with Crippen LogP contribution in [0.1, 0.15) is 31.4 Å². The SMILES string of the molecule is CCCNCC(c1ccccc1)N(C)C1CCOC1. The van der Waals surface area contributed by atoms with E-state index in [-0.39, 0.29) is 0 Å². The van der Waals surface area contributed by atoms with E-state index in [1.807, 2.05) is 0 Å². The molecule has 0 amide bonds. The number of ether oxygens (including phenoxy) is 1. The molecule has 1 heterocycles. The Balaban J connectivity index is 2.04. The average molecular weight is 262 g/mol. The van der Waals surface area contributed by atoms with Gasteiger partial charge in [0.15, 0.2) is 0 Å². The van der Waals surface area contributed by atoms with Crippen molar-refractivity contribution in [3.05, 3.63) is 35.9 Å². The molecule has 2 atom stereocenters. The van der Waals surface area contributed by atoms with Gasteiger partial charge in [-0.25, -0.2) is 0 Å². The highest BCUT2D eigenvalue weighted by Crippen LogP contribution is 2.24. The minimum atomic E-state index is 0.430. The summed E-state index contributed by atoms with van der Waals surface area (Å²) in [7, 11) is 2.23. The summed E-state index contributed by atoms with van der Waals surface area (Å²) in [5.74, 6) is 0. The molecule has 1 N–H and O–H groups in total. The number of rotatable bonds is 7. The van der Waals surface area contributed by atoms with E-state index in [9.17, 15) is 0 Å². The predicted molar refractivity (Wildman–Crippen MR) is 79.3 cm³/mol. The van der Waals surface area contributed by atoms with E-state index in [0.717, 1.165) is 32.7 Å². The highest BCUT2D eigenvalue weighted by Gasteiger charge is 2.26. The van der Waals surface area contributed by atoms with E-state index < -0.39 is 0 Å². The van der Waals surface area contributed by atoms with Crippen molar-refractivity contribution in [1.29, 1.82) is 0 Å². The normalized spacial score (nSPS) is 20.9. The first kappa shape index (κ1) is 14.5. The minimum absolute atomic E-state index is 0.430. The molecule has 2 rings (SSSR count). The first-order valence-electron chi connectivity index (χ1n) is 7.38. The molecule has 1 aromatic rings. The van der Waals surface area contributed by atoms with Crippen molar-refractivity contribution in [3.63, 3.8) is 0 Å². The maximum absolute atomic E-state index is 5.53. The van der Waals surface area contributed by atoms with E-state index >= 15 is 0 Å². The zero-order valence-corrected chi connectivity index (χ0v) is 12.1. The molecule has 19 heavy (non-hydrogen) atoms. The van der Waals surface area contributed by atoms with E-state index in [4.69, 9.17) is 4.74 Å². The molecule has 1 fully saturated rings. The molecular weight excluding hydrogens is 236 g/mol. The zero-order valence-electron chi connectivity index (χ0n) is 12.1. The van der Waals surface area contributed by atoms with Gasteiger partial charge < -0.3 is 10.1 Å². The lowest BCUT2D eigenvalue weighted by molar-refractivity contribution is 0.131. The number of hydrogen-bond donors (Lipinski definition) is 1. The Morgan fingerprint density at radius 1 is 1.37 bits per heavy atom. The molecule has 106 valence electrons. The highest BCUT2D eigenvalue weighted by atomic mass is 16.5. The maximum Gasteiger partial charge on any atom is 0.0622 e.